The predicted octanol–water partition coefficient (Wildman–Crippen LogP) is 0.243. The molecule has 1 aliphatic heterocycles. The molecule has 0 saturated carbocycles. The Bertz CT molecular complexity index is 262. The summed E-state index contributed by atoms with van der Waals surface area (Å²) in [6.45, 7) is 3.98. The zero-order valence-electron chi connectivity index (χ0n) is 10.6. The van der Waals surface area contributed by atoms with Gasteiger partial charge in [-0.05, 0) is 25.7 Å². The second kappa shape index (κ2) is 7.27. The number of carbonyl (C=O) groups is 2. The zero-order chi connectivity index (χ0) is 12.7. The summed E-state index contributed by atoms with van der Waals surface area (Å²) in [4.78, 5) is 25.0. The Kier molecular flexibility index (Phi) is 5.97. The van der Waals surface area contributed by atoms with Crippen LogP contribution in [-0.4, -0.2) is 42.4 Å². The lowest BCUT2D eigenvalue weighted by atomic mass is 10.1. The Labute approximate surface area is 103 Å². The molecule has 5 nitrogen and oxygen atoms in total. The van der Waals surface area contributed by atoms with Crippen LogP contribution >= 0.6 is 0 Å². The van der Waals surface area contributed by atoms with Gasteiger partial charge in [-0.3, -0.25) is 9.59 Å². The van der Waals surface area contributed by atoms with Gasteiger partial charge < -0.3 is 16.0 Å². The maximum Gasteiger partial charge on any atom is 0.236 e. The molecule has 0 aromatic rings. The highest BCUT2D eigenvalue weighted by Gasteiger charge is 2.16. The molecule has 1 atom stereocenters. The number of carbonyl (C=O) groups excluding carboxylic acids is 2. The lowest BCUT2D eigenvalue weighted by molar-refractivity contribution is -0.132. The number of likely N-dealkylation sites (tertiary alicyclic amines) is 1. The van der Waals surface area contributed by atoms with Crippen LogP contribution in [0.4, 0.5) is 0 Å². The van der Waals surface area contributed by atoms with E-state index in [1.165, 1.54) is 6.42 Å². The summed E-state index contributed by atoms with van der Waals surface area (Å²) in [6.07, 6.45) is 4.40. The average molecular weight is 241 g/mol. The van der Waals surface area contributed by atoms with Gasteiger partial charge in [0, 0.05) is 26.1 Å². The second-order valence-electron chi connectivity index (χ2n) is 4.50. The molecule has 0 aromatic heterocycles. The molecule has 98 valence electrons. The van der Waals surface area contributed by atoms with Gasteiger partial charge in [0.25, 0.3) is 0 Å². The van der Waals surface area contributed by atoms with Gasteiger partial charge in [-0.25, -0.2) is 0 Å². The zero-order valence-corrected chi connectivity index (χ0v) is 10.6. The molecule has 5 heteroatoms. The maximum atomic E-state index is 11.8. The van der Waals surface area contributed by atoms with Crippen LogP contribution in [0.5, 0.6) is 0 Å². The van der Waals surface area contributed by atoms with Crippen molar-refractivity contribution in [2.24, 2.45) is 5.73 Å². The summed E-state index contributed by atoms with van der Waals surface area (Å²) in [5.74, 6) is -0.0333. The summed E-state index contributed by atoms with van der Waals surface area (Å²) in [5.41, 5.74) is 5.57. The summed E-state index contributed by atoms with van der Waals surface area (Å²) in [7, 11) is 0. The minimum absolute atomic E-state index is 0.134. The third-order valence-electron chi connectivity index (χ3n) is 3.12. The molecule has 0 bridgehead atoms. The fourth-order valence-electron chi connectivity index (χ4n) is 1.91. The third kappa shape index (κ3) is 4.73. The van der Waals surface area contributed by atoms with Crippen molar-refractivity contribution in [3.8, 4) is 0 Å². The fourth-order valence-corrected chi connectivity index (χ4v) is 1.91. The molecule has 1 fully saturated rings. The Balaban J connectivity index is 2.17. The van der Waals surface area contributed by atoms with Crippen LogP contribution in [0.1, 0.15) is 39.0 Å². The summed E-state index contributed by atoms with van der Waals surface area (Å²) in [5, 5.41) is 2.69. The number of rotatable bonds is 5. The van der Waals surface area contributed by atoms with Crippen molar-refractivity contribution in [2.75, 3.05) is 19.6 Å². The highest BCUT2D eigenvalue weighted by molar-refractivity contribution is 5.82. The van der Waals surface area contributed by atoms with E-state index in [1.54, 1.807) is 0 Å². The number of nitrogens with zero attached hydrogens (tertiary/aromatic N) is 1. The van der Waals surface area contributed by atoms with Crippen LogP contribution < -0.4 is 11.1 Å². The van der Waals surface area contributed by atoms with E-state index in [-0.39, 0.29) is 11.8 Å². The first-order chi connectivity index (χ1) is 8.15. The predicted molar refractivity (Wildman–Crippen MR) is 66.3 cm³/mol. The second-order valence-corrected chi connectivity index (χ2v) is 4.50. The van der Waals surface area contributed by atoms with Crippen LogP contribution in [0.3, 0.4) is 0 Å². The van der Waals surface area contributed by atoms with Crippen LogP contribution in [0.2, 0.25) is 0 Å². The number of hydrogen-bond donors (Lipinski definition) is 2. The number of nitrogens with one attached hydrogen (secondary N) is 1. The standard InChI is InChI=1S/C12H23N3O2/c1-2-10(13)12(17)14-7-6-11(16)15-8-4-3-5-9-15/h10H,2-9,13H2,1H3,(H,14,17)/t10-/m1/s1. The van der Waals surface area contributed by atoms with Gasteiger partial charge in [-0.2, -0.15) is 0 Å². The van der Waals surface area contributed by atoms with Gasteiger partial charge in [-0.1, -0.05) is 6.92 Å². The molecule has 1 saturated heterocycles. The molecule has 0 radical (unpaired) electrons. The molecule has 3 N–H and O–H groups in total. The van der Waals surface area contributed by atoms with E-state index < -0.39 is 6.04 Å². The van der Waals surface area contributed by atoms with Gasteiger partial charge in [0.2, 0.25) is 11.8 Å². The Morgan fingerprint density at radius 2 is 1.94 bits per heavy atom. The van der Waals surface area contributed by atoms with E-state index in [9.17, 15) is 9.59 Å². The van der Waals surface area contributed by atoms with E-state index in [4.69, 9.17) is 5.73 Å². The van der Waals surface area contributed by atoms with E-state index in [1.807, 2.05) is 11.8 Å². The molecule has 1 aliphatic rings. The summed E-state index contributed by atoms with van der Waals surface area (Å²) >= 11 is 0. The van der Waals surface area contributed by atoms with Gasteiger partial charge in [0.1, 0.15) is 0 Å². The Morgan fingerprint density at radius 3 is 2.53 bits per heavy atom. The van der Waals surface area contributed by atoms with Gasteiger partial charge in [0.15, 0.2) is 0 Å². The quantitative estimate of drug-likeness (QED) is 0.724. The monoisotopic (exact) mass is 241 g/mol. The van der Waals surface area contributed by atoms with Crippen LogP contribution in [-0.2, 0) is 9.59 Å². The van der Waals surface area contributed by atoms with Crippen LogP contribution in [0.25, 0.3) is 0 Å². The first kappa shape index (κ1) is 14.0. The van der Waals surface area contributed by atoms with Crippen molar-refractivity contribution in [1.29, 1.82) is 0 Å². The molecule has 0 spiro atoms. The van der Waals surface area contributed by atoms with Crippen molar-refractivity contribution >= 4 is 11.8 Å². The van der Waals surface area contributed by atoms with Gasteiger partial charge in [0.05, 0.1) is 6.04 Å². The minimum Gasteiger partial charge on any atom is -0.354 e. The number of piperidine rings is 1. The van der Waals surface area contributed by atoms with Gasteiger partial charge >= 0.3 is 0 Å². The smallest absolute Gasteiger partial charge is 0.236 e. The minimum atomic E-state index is -0.458. The van der Waals surface area contributed by atoms with E-state index in [0.717, 1.165) is 25.9 Å². The molecule has 1 heterocycles. The van der Waals surface area contributed by atoms with E-state index in [2.05, 4.69) is 5.32 Å². The fraction of sp³-hybridized carbons (Fsp3) is 0.833. The Hall–Kier alpha value is -1.10. The molecule has 2 amide bonds. The molecule has 0 unspecified atom stereocenters. The lowest BCUT2D eigenvalue weighted by Gasteiger charge is -2.26. The van der Waals surface area contributed by atoms with Crippen LogP contribution in [0, 0.1) is 0 Å². The molecule has 1 rings (SSSR count). The third-order valence-corrected chi connectivity index (χ3v) is 3.12. The molecule has 17 heavy (non-hydrogen) atoms. The number of amides is 2. The van der Waals surface area contributed by atoms with Crippen molar-refractivity contribution in [2.45, 2.75) is 45.1 Å². The summed E-state index contributed by atoms with van der Waals surface area (Å²) in [6, 6.07) is -0.458. The van der Waals surface area contributed by atoms with Crippen molar-refractivity contribution in [3.63, 3.8) is 0 Å². The summed E-state index contributed by atoms with van der Waals surface area (Å²) < 4.78 is 0. The molecular weight excluding hydrogens is 218 g/mol. The Morgan fingerprint density at radius 1 is 1.29 bits per heavy atom. The highest BCUT2D eigenvalue weighted by Crippen LogP contribution is 2.09. The SMILES string of the molecule is CC[C@@H](N)C(=O)NCCC(=O)N1CCCCC1. The van der Waals surface area contributed by atoms with Gasteiger partial charge in [-0.15, -0.1) is 0 Å². The van der Waals surface area contributed by atoms with Crippen molar-refractivity contribution < 1.29 is 9.59 Å². The number of hydrogen-bond acceptors (Lipinski definition) is 3. The van der Waals surface area contributed by atoms with E-state index >= 15 is 0 Å². The largest absolute Gasteiger partial charge is 0.354 e. The first-order valence-electron chi connectivity index (χ1n) is 6.46. The number of nitrogens with two attached hydrogens (primary N) is 1. The first-order valence-corrected chi connectivity index (χ1v) is 6.46. The normalized spacial score (nSPS) is 17.6. The van der Waals surface area contributed by atoms with E-state index in [0.29, 0.717) is 19.4 Å². The topological polar surface area (TPSA) is 75.4 Å². The average Bonchev–Trinajstić information content (AvgIpc) is 2.38. The van der Waals surface area contributed by atoms with Crippen LogP contribution in [0.15, 0.2) is 0 Å². The lowest BCUT2D eigenvalue weighted by Crippen LogP contribution is -2.42. The highest BCUT2D eigenvalue weighted by atomic mass is 16.2. The molecule has 0 aliphatic carbocycles. The molecule has 0 aromatic carbocycles. The maximum absolute atomic E-state index is 11.8. The molecular formula is C12H23N3O2. The van der Waals surface area contributed by atoms with Crippen molar-refractivity contribution in [1.82, 2.24) is 10.2 Å². The van der Waals surface area contributed by atoms with Crippen molar-refractivity contribution in [3.05, 3.63) is 0 Å².